The van der Waals surface area contributed by atoms with E-state index in [0.717, 1.165) is 10.0 Å². The summed E-state index contributed by atoms with van der Waals surface area (Å²) in [5, 5.41) is 12.0. The summed E-state index contributed by atoms with van der Waals surface area (Å²) in [5.74, 6) is -0.636. The number of carbonyl (C=O) groups excluding carboxylic acids is 2. The number of carbonyl (C=O) groups is 2. The van der Waals surface area contributed by atoms with Gasteiger partial charge in [-0.3, -0.25) is 9.59 Å². The number of likely N-dealkylation sites (tertiary alicyclic amines) is 1. The third-order valence-corrected chi connectivity index (χ3v) is 4.41. The summed E-state index contributed by atoms with van der Waals surface area (Å²) in [6.45, 7) is 0.727. The van der Waals surface area contributed by atoms with Crippen LogP contribution < -0.4 is 5.32 Å². The van der Waals surface area contributed by atoms with Crippen LogP contribution in [0.15, 0.2) is 28.7 Å². The number of nitrogens with zero attached hydrogens (tertiary/aromatic N) is 1. The minimum atomic E-state index is -0.325. The quantitative estimate of drug-likeness (QED) is 0.840. The highest BCUT2D eigenvalue weighted by atomic mass is 79.9. The Labute approximate surface area is 132 Å². The molecule has 1 aliphatic rings. The maximum Gasteiger partial charge on any atom is 0.227 e. The number of aliphatic hydroxyl groups excluding tert-OH is 1. The number of hydrogen-bond donors (Lipinski definition) is 2. The smallest absolute Gasteiger partial charge is 0.227 e. The van der Waals surface area contributed by atoms with Crippen LogP contribution in [0.3, 0.4) is 0 Å². The Morgan fingerprint density at radius 1 is 1.33 bits per heavy atom. The summed E-state index contributed by atoms with van der Waals surface area (Å²) in [4.78, 5) is 25.8. The zero-order valence-electron chi connectivity index (χ0n) is 11.9. The Hall–Kier alpha value is -1.40. The molecule has 0 unspecified atom stereocenters. The lowest BCUT2D eigenvalue weighted by atomic mass is 9.96. The molecule has 1 fully saturated rings. The molecule has 0 spiro atoms. The minimum absolute atomic E-state index is 0.0119. The Balaban J connectivity index is 2.00. The van der Waals surface area contributed by atoms with E-state index >= 15 is 0 Å². The van der Waals surface area contributed by atoms with Crippen LogP contribution in [0.5, 0.6) is 0 Å². The Morgan fingerprint density at radius 2 is 2.00 bits per heavy atom. The van der Waals surface area contributed by atoms with E-state index in [2.05, 4.69) is 21.2 Å². The topological polar surface area (TPSA) is 69.6 Å². The maximum atomic E-state index is 12.3. The first-order chi connectivity index (χ1) is 10.0. The number of rotatable bonds is 4. The first-order valence-electron chi connectivity index (χ1n) is 6.89. The second kappa shape index (κ2) is 7.04. The normalized spacial score (nSPS) is 21.4. The summed E-state index contributed by atoms with van der Waals surface area (Å²) in [7, 11) is 1.57. The highest BCUT2D eigenvalue weighted by Gasteiger charge is 2.38. The predicted molar refractivity (Wildman–Crippen MR) is 82.6 cm³/mol. The summed E-state index contributed by atoms with van der Waals surface area (Å²) >= 11 is 3.36. The van der Waals surface area contributed by atoms with Gasteiger partial charge in [0.05, 0.1) is 12.3 Å². The van der Waals surface area contributed by atoms with E-state index in [1.54, 1.807) is 11.9 Å². The van der Waals surface area contributed by atoms with Crippen molar-refractivity contribution in [2.75, 3.05) is 26.7 Å². The van der Waals surface area contributed by atoms with Crippen molar-refractivity contribution in [1.82, 2.24) is 10.2 Å². The van der Waals surface area contributed by atoms with Gasteiger partial charge in [-0.15, -0.1) is 0 Å². The van der Waals surface area contributed by atoms with Gasteiger partial charge in [0.2, 0.25) is 11.8 Å². The van der Waals surface area contributed by atoms with Gasteiger partial charge >= 0.3 is 0 Å². The maximum absolute atomic E-state index is 12.3. The fourth-order valence-corrected chi connectivity index (χ4v) is 2.90. The van der Waals surface area contributed by atoms with E-state index in [1.807, 2.05) is 24.3 Å². The molecule has 1 saturated heterocycles. The second-order valence-corrected chi connectivity index (χ2v) is 6.18. The SMILES string of the molecule is CNC(=O)[C@@H]1CN(C(=O)Cc2ccc(Br)cc2)C[C@H]1CO. The monoisotopic (exact) mass is 354 g/mol. The average molecular weight is 355 g/mol. The van der Waals surface area contributed by atoms with Crippen LogP contribution in [0, 0.1) is 11.8 Å². The third-order valence-electron chi connectivity index (χ3n) is 3.88. The van der Waals surface area contributed by atoms with E-state index in [1.165, 1.54) is 0 Å². The molecule has 2 N–H and O–H groups in total. The van der Waals surface area contributed by atoms with Gasteiger partial charge in [-0.1, -0.05) is 28.1 Å². The molecule has 1 aromatic rings. The molecular weight excluding hydrogens is 336 g/mol. The summed E-state index contributed by atoms with van der Waals surface area (Å²) in [5.41, 5.74) is 0.937. The van der Waals surface area contributed by atoms with Crippen molar-refractivity contribution in [2.45, 2.75) is 6.42 Å². The van der Waals surface area contributed by atoms with Gasteiger partial charge in [0.1, 0.15) is 0 Å². The van der Waals surface area contributed by atoms with Gasteiger partial charge in [0.15, 0.2) is 0 Å². The lowest BCUT2D eigenvalue weighted by Crippen LogP contribution is -2.34. The molecule has 2 rings (SSSR count). The molecule has 6 heteroatoms. The number of nitrogens with one attached hydrogen (secondary N) is 1. The predicted octanol–water partition coefficient (Wildman–Crippen LogP) is 0.804. The number of halogens is 1. The van der Waals surface area contributed by atoms with Crippen LogP contribution in [-0.2, 0) is 16.0 Å². The van der Waals surface area contributed by atoms with E-state index < -0.39 is 0 Å². The summed E-state index contributed by atoms with van der Waals surface area (Å²) < 4.78 is 0.972. The highest BCUT2D eigenvalue weighted by molar-refractivity contribution is 9.10. The standard InChI is InChI=1S/C15H19BrN2O3/c1-17-15(21)13-8-18(7-11(13)9-19)14(20)6-10-2-4-12(16)5-3-10/h2-5,11,13,19H,6-9H2,1H3,(H,17,21)/t11-,13+/m0/s1. The molecule has 0 bridgehead atoms. The van der Waals surface area contributed by atoms with Crippen LogP contribution in [0.25, 0.3) is 0 Å². The van der Waals surface area contributed by atoms with Crippen molar-refractivity contribution in [3.63, 3.8) is 0 Å². The van der Waals surface area contributed by atoms with Crippen molar-refractivity contribution < 1.29 is 14.7 Å². The largest absolute Gasteiger partial charge is 0.396 e. The van der Waals surface area contributed by atoms with Crippen LogP contribution in [0.4, 0.5) is 0 Å². The van der Waals surface area contributed by atoms with Gasteiger partial charge in [0.25, 0.3) is 0 Å². The van der Waals surface area contributed by atoms with Crippen LogP contribution in [0.1, 0.15) is 5.56 Å². The first-order valence-corrected chi connectivity index (χ1v) is 7.69. The Bertz CT molecular complexity index is 518. The van der Waals surface area contributed by atoms with Crippen molar-refractivity contribution in [2.24, 2.45) is 11.8 Å². The fourth-order valence-electron chi connectivity index (χ4n) is 2.63. The third kappa shape index (κ3) is 3.83. The fraction of sp³-hybridized carbons (Fsp3) is 0.467. The molecule has 21 heavy (non-hydrogen) atoms. The van der Waals surface area contributed by atoms with Gasteiger partial charge < -0.3 is 15.3 Å². The summed E-state index contributed by atoms with van der Waals surface area (Å²) in [6, 6.07) is 7.60. The van der Waals surface area contributed by atoms with Crippen molar-refractivity contribution in [3.8, 4) is 0 Å². The van der Waals surface area contributed by atoms with Gasteiger partial charge in [-0.2, -0.15) is 0 Å². The molecular formula is C15H19BrN2O3. The van der Waals surface area contributed by atoms with E-state index in [0.29, 0.717) is 19.5 Å². The first kappa shape index (κ1) is 16.0. The zero-order chi connectivity index (χ0) is 15.4. The number of aliphatic hydroxyl groups is 1. The van der Waals surface area contributed by atoms with Gasteiger partial charge in [-0.05, 0) is 17.7 Å². The second-order valence-electron chi connectivity index (χ2n) is 5.27. The molecule has 1 aromatic carbocycles. The molecule has 2 atom stereocenters. The Morgan fingerprint density at radius 3 is 2.57 bits per heavy atom. The number of benzene rings is 1. The van der Waals surface area contributed by atoms with Crippen molar-refractivity contribution in [3.05, 3.63) is 34.3 Å². The molecule has 1 aliphatic heterocycles. The summed E-state index contributed by atoms with van der Waals surface area (Å²) in [6.07, 6.45) is 0.311. The van der Waals surface area contributed by atoms with E-state index in [-0.39, 0.29) is 30.3 Å². The lowest BCUT2D eigenvalue weighted by molar-refractivity contribution is -0.130. The molecule has 0 saturated carbocycles. The molecule has 0 aliphatic carbocycles. The number of amides is 2. The molecule has 5 nitrogen and oxygen atoms in total. The van der Waals surface area contributed by atoms with Crippen LogP contribution in [-0.4, -0.2) is 48.6 Å². The average Bonchev–Trinajstić information content (AvgIpc) is 2.93. The lowest BCUT2D eigenvalue weighted by Gasteiger charge is -2.16. The van der Waals surface area contributed by atoms with Gasteiger partial charge in [0, 0.05) is 37.1 Å². The Kier molecular flexibility index (Phi) is 5.36. The van der Waals surface area contributed by atoms with Crippen molar-refractivity contribution >= 4 is 27.7 Å². The molecule has 2 amide bonds. The molecule has 0 radical (unpaired) electrons. The zero-order valence-corrected chi connectivity index (χ0v) is 13.5. The van der Waals surface area contributed by atoms with E-state index in [9.17, 15) is 14.7 Å². The van der Waals surface area contributed by atoms with Gasteiger partial charge in [-0.25, -0.2) is 0 Å². The van der Waals surface area contributed by atoms with Crippen molar-refractivity contribution in [1.29, 1.82) is 0 Å². The van der Waals surface area contributed by atoms with Crippen LogP contribution >= 0.6 is 15.9 Å². The van der Waals surface area contributed by atoms with Crippen LogP contribution in [0.2, 0.25) is 0 Å². The highest BCUT2D eigenvalue weighted by Crippen LogP contribution is 2.24. The molecule has 1 heterocycles. The number of hydrogen-bond acceptors (Lipinski definition) is 3. The minimum Gasteiger partial charge on any atom is -0.396 e. The molecule has 114 valence electrons. The van der Waals surface area contributed by atoms with E-state index in [4.69, 9.17) is 0 Å². The molecule has 0 aromatic heterocycles.